The minimum absolute atomic E-state index is 0.0388. The summed E-state index contributed by atoms with van der Waals surface area (Å²) in [5.41, 5.74) is 0.878. The number of carbonyl (C=O) groups is 3. The first-order chi connectivity index (χ1) is 25.2. The second kappa shape index (κ2) is 16.1. The Bertz CT molecular complexity index is 1770. The molecule has 0 unspecified atom stereocenters. The van der Waals surface area contributed by atoms with Crippen molar-refractivity contribution in [1.82, 2.24) is 15.5 Å². The highest BCUT2D eigenvalue weighted by molar-refractivity contribution is 6.48. The molecule has 2 aromatic rings. The Kier molecular flexibility index (Phi) is 12.0. The van der Waals surface area contributed by atoms with Gasteiger partial charge in [0.2, 0.25) is 5.91 Å². The number of carbonyl (C=O) groups excluding carboxylic acids is 3. The van der Waals surface area contributed by atoms with Crippen molar-refractivity contribution >= 4 is 48.0 Å². The van der Waals surface area contributed by atoms with E-state index in [0.717, 1.165) is 24.8 Å². The van der Waals surface area contributed by atoms with Crippen LogP contribution in [0.4, 0.5) is 0 Å². The van der Waals surface area contributed by atoms with Crippen LogP contribution < -0.4 is 10.6 Å². The van der Waals surface area contributed by atoms with Gasteiger partial charge >= 0.3 is 7.12 Å². The molecule has 13 heteroatoms. The summed E-state index contributed by atoms with van der Waals surface area (Å²) >= 11 is 12.6. The van der Waals surface area contributed by atoms with E-state index in [0.29, 0.717) is 36.2 Å². The van der Waals surface area contributed by atoms with Crippen LogP contribution in [0.3, 0.4) is 0 Å². The molecule has 2 saturated heterocycles. The molecule has 3 amide bonds. The van der Waals surface area contributed by atoms with Gasteiger partial charge in [0.1, 0.15) is 17.7 Å². The first kappa shape index (κ1) is 39.3. The van der Waals surface area contributed by atoms with Gasteiger partial charge in [0.25, 0.3) is 11.8 Å². The lowest BCUT2D eigenvalue weighted by molar-refractivity contribution is -0.199. The molecule has 5 aliphatic rings. The molecule has 5 fully saturated rings. The fraction of sp³-hybridized carbons (Fsp3) is 0.550. The summed E-state index contributed by atoms with van der Waals surface area (Å²) in [4.78, 5) is 42.9. The molecule has 2 N–H and O–H groups in total. The lowest BCUT2D eigenvalue weighted by Gasteiger charge is -2.64. The van der Waals surface area contributed by atoms with E-state index in [1.807, 2.05) is 50.2 Å². The van der Waals surface area contributed by atoms with Crippen molar-refractivity contribution in [2.75, 3.05) is 19.8 Å². The van der Waals surface area contributed by atoms with Crippen molar-refractivity contribution in [2.24, 2.45) is 23.2 Å². The Morgan fingerprint density at radius 2 is 1.87 bits per heavy atom. The van der Waals surface area contributed by atoms with Gasteiger partial charge in [-0.1, -0.05) is 87.3 Å². The van der Waals surface area contributed by atoms with E-state index in [1.165, 1.54) is 12.1 Å². The maximum atomic E-state index is 14.3. The van der Waals surface area contributed by atoms with Crippen LogP contribution in [0.1, 0.15) is 76.2 Å². The quantitative estimate of drug-likeness (QED) is 0.141. The van der Waals surface area contributed by atoms with Crippen LogP contribution in [0.5, 0.6) is 0 Å². The minimum atomic E-state index is -1.15. The lowest BCUT2D eigenvalue weighted by Crippen LogP contribution is -2.65. The van der Waals surface area contributed by atoms with E-state index in [4.69, 9.17) is 37.2 Å². The first-order valence-corrected chi connectivity index (χ1v) is 19.4. The number of nitrogens with one attached hydrogen (secondary N) is 2. The summed E-state index contributed by atoms with van der Waals surface area (Å²) in [6, 6.07) is 15.0. The molecule has 0 spiro atoms. The average Bonchev–Trinajstić information content (AvgIpc) is 3.74. The van der Waals surface area contributed by atoms with E-state index in [-0.39, 0.29) is 58.8 Å². The summed E-state index contributed by atoms with van der Waals surface area (Å²) < 4.78 is 19.6. The summed E-state index contributed by atoms with van der Waals surface area (Å²) in [6.07, 6.45) is 5.45. The molecule has 53 heavy (non-hydrogen) atoms. The van der Waals surface area contributed by atoms with Gasteiger partial charge in [0.05, 0.1) is 47.5 Å². The number of ether oxygens (including phenoxy) is 1. The molecule has 282 valence electrons. The largest absolute Gasteiger partial charge is 0.482 e. The zero-order valence-electron chi connectivity index (χ0n) is 31.1. The molecule has 0 aromatic heterocycles. The van der Waals surface area contributed by atoms with Crippen molar-refractivity contribution in [2.45, 2.75) is 96.5 Å². The number of benzene rings is 2. The van der Waals surface area contributed by atoms with Crippen molar-refractivity contribution in [3.8, 4) is 6.07 Å². The number of rotatable bonds is 13. The first-order valence-electron chi connectivity index (χ1n) is 18.6. The van der Waals surface area contributed by atoms with Crippen molar-refractivity contribution < 1.29 is 28.4 Å². The smallest absolute Gasteiger partial charge is 0.404 e. The Balaban J connectivity index is 1.21. The summed E-state index contributed by atoms with van der Waals surface area (Å²) in [5.74, 6) is -1.05. The van der Waals surface area contributed by atoms with Crippen LogP contribution in [0.25, 0.3) is 0 Å². The Morgan fingerprint density at radius 1 is 1.11 bits per heavy atom. The minimum Gasteiger partial charge on any atom is -0.404 e. The standard InChI is InChI=1S/C40H49BCl2N4O6/c1-24(2)16-26(21-44)38(50)47-15-9-12-29(47)22-51-23-32(45-36(48)30-20-28(42)13-14-31(30)43)37(49)46-35(17-25-10-7-6-8-11-25)41-52-34-19-27-18-33(39(27,3)4)40(34,5)53-41/h6-8,10-11,13-14,16,20,24,27,29,32-35H,9,12,15,17-19,22-23H2,1-5H3,(H,45,48)(H,46,49)/b26-16+/t27-,29-,32+,33+,34-,35+,40+/m1/s1. The van der Waals surface area contributed by atoms with Crippen LogP contribution in [0, 0.1) is 34.5 Å². The molecule has 2 aliphatic heterocycles. The molecular weight excluding hydrogens is 714 g/mol. The van der Waals surface area contributed by atoms with Gasteiger partial charge in [-0.3, -0.25) is 14.4 Å². The summed E-state index contributed by atoms with van der Waals surface area (Å²) in [6.45, 7) is 11.0. The number of hydrogen-bond donors (Lipinski definition) is 2. The van der Waals surface area contributed by atoms with Crippen LogP contribution >= 0.6 is 23.2 Å². The Hall–Kier alpha value is -3.40. The van der Waals surface area contributed by atoms with Crippen LogP contribution in [-0.2, 0) is 30.1 Å². The van der Waals surface area contributed by atoms with Crippen LogP contribution in [0.15, 0.2) is 60.2 Å². The third-order valence-electron chi connectivity index (χ3n) is 11.8. The number of allylic oxidation sites excluding steroid dienone is 1. The molecule has 0 radical (unpaired) electrons. The maximum Gasteiger partial charge on any atom is 0.482 e. The van der Waals surface area contributed by atoms with Gasteiger partial charge < -0.3 is 29.6 Å². The predicted molar refractivity (Wildman–Crippen MR) is 204 cm³/mol. The number of likely N-dealkylation sites (tertiary alicyclic amines) is 1. The Morgan fingerprint density at radius 3 is 2.57 bits per heavy atom. The molecule has 7 rings (SSSR count). The zero-order chi connectivity index (χ0) is 38.1. The van der Waals surface area contributed by atoms with Gasteiger partial charge in [-0.05, 0) is 86.0 Å². The highest BCUT2D eigenvalue weighted by Gasteiger charge is 2.68. The van der Waals surface area contributed by atoms with Crippen LogP contribution in [-0.4, -0.2) is 79.2 Å². The van der Waals surface area contributed by atoms with E-state index < -0.39 is 36.5 Å². The number of nitrogens with zero attached hydrogens (tertiary/aromatic N) is 2. The number of amides is 3. The molecule has 3 aliphatic carbocycles. The molecule has 3 saturated carbocycles. The normalized spacial score (nSPS) is 27.0. The van der Waals surface area contributed by atoms with Gasteiger partial charge in [-0.2, -0.15) is 5.26 Å². The highest BCUT2D eigenvalue weighted by Crippen LogP contribution is 2.65. The van der Waals surface area contributed by atoms with Gasteiger partial charge in [-0.25, -0.2) is 0 Å². The van der Waals surface area contributed by atoms with Gasteiger partial charge in [-0.15, -0.1) is 0 Å². The monoisotopic (exact) mass is 762 g/mol. The highest BCUT2D eigenvalue weighted by atomic mass is 35.5. The SMILES string of the molecule is CC(C)/C=C(\C#N)C(=O)N1CCC[C@@H]1COC[C@H](NC(=O)c1cc(Cl)ccc1Cl)C(=O)N[C@@H](Cc1ccccc1)B1O[C@@H]2C[C@H]3C[C@@H](C3(C)C)[C@]2(C)O1. The zero-order valence-corrected chi connectivity index (χ0v) is 32.6. The van der Waals surface area contributed by atoms with Crippen LogP contribution in [0.2, 0.25) is 10.0 Å². The maximum absolute atomic E-state index is 14.3. The van der Waals surface area contributed by atoms with Gasteiger partial charge in [0.15, 0.2) is 0 Å². The van der Waals surface area contributed by atoms with Gasteiger partial charge in [0, 0.05) is 11.6 Å². The number of hydrogen-bond acceptors (Lipinski definition) is 7. The molecule has 2 aromatic carbocycles. The van der Waals surface area contributed by atoms with Crippen molar-refractivity contribution in [3.05, 3.63) is 81.4 Å². The molecular formula is C40H49BCl2N4O6. The van der Waals surface area contributed by atoms with Crippen molar-refractivity contribution in [1.29, 1.82) is 5.26 Å². The number of nitriles is 1. The second-order valence-corrected chi connectivity index (χ2v) is 16.9. The fourth-order valence-corrected chi connectivity index (χ4v) is 9.15. The van der Waals surface area contributed by atoms with Crippen molar-refractivity contribution in [3.63, 3.8) is 0 Å². The molecule has 2 heterocycles. The third-order valence-corrected chi connectivity index (χ3v) is 12.4. The summed E-state index contributed by atoms with van der Waals surface area (Å²) in [7, 11) is -0.713. The Labute approximate surface area is 323 Å². The average molecular weight is 764 g/mol. The van der Waals surface area contributed by atoms with E-state index in [2.05, 4.69) is 31.4 Å². The second-order valence-electron chi connectivity index (χ2n) is 16.1. The van der Waals surface area contributed by atoms with E-state index in [9.17, 15) is 19.6 Å². The molecule has 7 atom stereocenters. The van der Waals surface area contributed by atoms with E-state index in [1.54, 1.807) is 17.0 Å². The molecule has 2 bridgehead atoms. The van der Waals surface area contributed by atoms with E-state index >= 15 is 0 Å². The third kappa shape index (κ3) is 8.33. The molecule has 10 nitrogen and oxygen atoms in total. The number of halogens is 2. The lowest BCUT2D eigenvalue weighted by atomic mass is 9.43. The topological polar surface area (TPSA) is 130 Å². The summed E-state index contributed by atoms with van der Waals surface area (Å²) in [5, 5.41) is 16.1. The fourth-order valence-electron chi connectivity index (χ4n) is 8.77. The predicted octanol–water partition coefficient (Wildman–Crippen LogP) is 6.20.